The summed E-state index contributed by atoms with van der Waals surface area (Å²) in [5, 5.41) is 9.64. The molecule has 0 atom stereocenters. The van der Waals surface area contributed by atoms with Crippen LogP contribution in [0.25, 0.3) is 0 Å². The van der Waals surface area contributed by atoms with Crippen molar-refractivity contribution in [2.45, 2.75) is 19.9 Å². The molecule has 4 nitrogen and oxygen atoms in total. The van der Waals surface area contributed by atoms with Crippen molar-refractivity contribution in [1.29, 1.82) is 0 Å². The Morgan fingerprint density at radius 2 is 2.36 bits per heavy atom. The Balaban J connectivity index is 2.45. The van der Waals surface area contributed by atoms with Crippen LogP contribution < -0.4 is 5.32 Å². The molecule has 11 heavy (non-hydrogen) atoms. The van der Waals surface area contributed by atoms with Crippen LogP contribution in [0.5, 0.6) is 0 Å². The second-order valence-electron chi connectivity index (χ2n) is 2.73. The summed E-state index contributed by atoms with van der Waals surface area (Å²) < 4.78 is 0. The average molecular weight is 151 g/mol. The lowest BCUT2D eigenvalue weighted by molar-refractivity contribution is -0.121. The van der Waals surface area contributed by atoms with Gasteiger partial charge >= 0.3 is 0 Å². The fraction of sp³-hybridized carbons (Fsp3) is 0.429. The van der Waals surface area contributed by atoms with E-state index in [0.29, 0.717) is 13.0 Å². The molecule has 1 aromatic rings. The number of hydrogen-bond donors (Lipinski definition) is 2. The van der Waals surface area contributed by atoms with Crippen LogP contribution in [0.15, 0.2) is 0 Å². The molecule has 0 aliphatic carbocycles. The maximum Gasteiger partial charge on any atom is 0.224 e. The molecule has 1 amide bonds. The van der Waals surface area contributed by atoms with Gasteiger partial charge in [-0.2, -0.15) is 5.10 Å². The molecule has 0 spiro atoms. The van der Waals surface area contributed by atoms with Gasteiger partial charge in [-0.3, -0.25) is 9.89 Å². The zero-order valence-electron chi connectivity index (χ0n) is 6.27. The number of aromatic nitrogens is 2. The van der Waals surface area contributed by atoms with Crippen molar-refractivity contribution in [3.8, 4) is 0 Å². The van der Waals surface area contributed by atoms with E-state index >= 15 is 0 Å². The Labute approximate surface area is 64.0 Å². The lowest BCUT2D eigenvalue weighted by atomic mass is 10.1. The van der Waals surface area contributed by atoms with Gasteiger partial charge in [0.2, 0.25) is 5.91 Å². The number of aromatic amines is 1. The highest BCUT2D eigenvalue weighted by Crippen LogP contribution is 2.14. The van der Waals surface area contributed by atoms with Crippen molar-refractivity contribution in [1.82, 2.24) is 15.5 Å². The number of fused-ring (bicyclic) bond motifs is 1. The average Bonchev–Trinajstić information content (AvgIpc) is 2.33. The molecule has 0 bridgehead atoms. The van der Waals surface area contributed by atoms with E-state index < -0.39 is 0 Å². The molecule has 4 heteroatoms. The standard InChI is InChI=1S/C7H9N3O/c1-4-5-2-7(11)8-3-6(5)10-9-4/h2-3H2,1H3,(H,8,11)(H,9,10). The van der Waals surface area contributed by atoms with Crippen molar-refractivity contribution in [3.63, 3.8) is 0 Å². The largest absolute Gasteiger partial charge is 0.350 e. The van der Waals surface area contributed by atoms with Gasteiger partial charge in [-0.1, -0.05) is 0 Å². The maximum atomic E-state index is 10.9. The van der Waals surface area contributed by atoms with Gasteiger partial charge in [-0.05, 0) is 6.92 Å². The van der Waals surface area contributed by atoms with Crippen molar-refractivity contribution < 1.29 is 4.79 Å². The first-order chi connectivity index (χ1) is 5.27. The molecule has 1 aliphatic rings. The molecular weight excluding hydrogens is 142 g/mol. The molecular formula is C7H9N3O. The third kappa shape index (κ3) is 0.906. The highest BCUT2D eigenvalue weighted by molar-refractivity contribution is 5.80. The highest BCUT2D eigenvalue weighted by Gasteiger charge is 2.18. The number of amides is 1. The van der Waals surface area contributed by atoms with Crippen LogP contribution in [0, 0.1) is 6.92 Å². The first-order valence-corrected chi connectivity index (χ1v) is 3.57. The third-order valence-electron chi connectivity index (χ3n) is 1.95. The second kappa shape index (κ2) is 2.08. The summed E-state index contributed by atoms with van der Waals surface area (Å²) in [6, 6.07) is 0. The van der Waals surface area contributed by atoms with Gasteiger partial charge in [-0.25, -0.2) is 0 Å². The Bertz CT molecular complexity index is 303. The minimum Gasteiger partial charge on any atom is -0.350 e. The normalized spacial score (nSPS) is 15.9. The van der Waals surface area contributed by atoms with E-state index in [1.54, 1.807) is 0 Å². The molecule has 0 radical (unpaired) electrons. The molecule has 0 fully saturated rings. The lowest BCUT2D eigenvalue weighted by Gasteiger charge is -2.10. The van der Waals surface area contributed by atoms with Crippen LogP contribution in [0.2, 0.25) is 0 Å². The molecule has 2 rings (SSSR count). The summed E-state index contributed by atoms with van der Waals surface area (Å²) in [6.07, 6.45) is 0.470. The molecule has 2 N–H and O–H groups in total. The van der Waals surface area contributed by atoms with Crippen molar-refractivity contribution in [2.75, 3.05) is 0 Å². The molecule has 58 valence electrons. The van der Waals surface area contributed by atoms with Crippen LogP contribution in [-0.2, 0) is 17.8 Å². The van der Waals surface area contributed by atoms with E-state index in [9.17, 15) is 4.79 Å². The molecule has 1 aromatic heterocycles. The number of carbonyl (C=O) groups is 1. The van der Waals surface area contributed by atoms with Gasteiger partial charge in [0.05, 0.1) is 18.7 Å². The third-order valence-corrected chi connectivity index (χ3v) is 1.95. The number of nitrogens with one attached hydrogen (secondary N) is 2. The van der Waals surface area contributed by atoms with Crippen molar-refractivity contribution in [2.24, 2.45) is 0 Å². The number of carbonyl (C=O) groups excluding carboxylic acids is 1. The van der Waals surface area contributed by atoms with Gasteiger partial charge in [0, 0.05) is 11.3 Å². The zero-order valence-corrected chi connectivity index (χ0v) is 6.27. The van der Waals surface area contributed by atoms with E-state index in [1.165, 1.54) is 0 Å². The maximum absolute atomic E-state index is 10.9. The Morgan fingerprint density at radius 3 is 3.18 bits per heavy atom. The van der Waals surface area contributed by atoms with Crippen LogP contribution in [0.3, 0.4) is 0 Å². The Hall–Kier alpha value is -1.32. The molecule has 0 unspecified atom stereocenters. The van der Waals surface area contributed by atoms with E-state index in [1.807, 2.05) is 6.92 Å². The van der Waals surface area contributed by atoms with Gasteiger partial charge in [0.15, 0.2) is 0 Å². The minimum atomic E-state index is 0.0852. The van der Waals surface area contributed by atoms with Crippen LogP contribution in [-0.4, -0.2) is 16.1 Å². The van der Waals surface area contributed by atoms with E-state index in [-0.39, 0.29) is 5.91 Å². The number of H-pyrrole nitrogens is 1. The van der Waals surface area contributed by atoms with E-state index in [2.05, 4.69) is 15.5 Å². The van der Waals surface area contributed by atoms with Crippen LogP contribution in [0.4, 0.5) is 0 Å². The predicted octanol–water partition coefficient (Wildman–Crippen LogP) is -0.110. The number of nitrogens with zero attached hydrogens (tertiary/aromatic N) is 1. The SMILES string of the molecule is Cc1[nH]nc2c1CC(=O)NC2. The minimum absolute atomic E-state index is 0.0852. The topological polar surface area (TPSA) is 57.8 Å². The van der Waals surface area contributed by atoms with Gasteiger partial charge < -0.3 is 5.32 Å². The second-order valence-corrected chi connectivity index (χ2v) is 2.73. The zero-order chi connectivity index (χ0) is 7.84. The van der Waals surface area contributed by atoms with Crippen molar-refractivity contribution >= 4 is 5.91 Å². The molecule has 0 saturated carbocycles. The van der Waals surface area contributed by atoms with Gasteiger partial charge in [0.1, 0.15) is 0 Å². The first-order valence-electron chi connectivity index (χ1n) is 3.57. The summed E-state index contributed by atoms with van der Waals surface area (Å²) in [6.45, 7) is 2.50. The fourth-order valence-electron chi connectivity index (χ4n) is 1.29. The number of hydrogen-bond acceptors (Lipinski definition) is 2. The number of aryl methyl sites for hydroxylation is 1. The Kier molecular flexibility index (Phi) is 1.21. The van der Waals surface area contributed by atoms with Crippen LogP contribution in [0.1, 0.15) is 17.0 Å². The van der Waals surface area contributed by atoms with Gasteiger partial charge in [-0.15, -0.1) is 0 Å². The summed E-state index contributed by atoms with van der Waals surface area (Å²) in [5.41, 5.74) is 3.05. The molecule has 0 aromatic carbocycles. The molecule has 0 saturated heterocycles. The molecule has 1 aliphatic heterocycles. The first kappa shape index (κ1) is 6.39. The van der Waals surface area contributed by atoms with Gasteiger partial charge in [0.25, 0.3) is 0 Å². The van der Waals surface area contributed by atoms with Crippen molar-refractivity contribution in [3.05, 3.63) is 17.0 Å². The lowest BCUT2D eigenvalue weighted by Crippen LogP contribution is -2.30. The summed E-state index contributed by atoms with van der Waals surface area (Å²) in [4.78, 5) is 10.9. The monoisotopic (exact) mass is 151 g/mol. The smallest absolute Gasteiger partial charge is 0.224 e. The summed E-state index contributed by atoms with van der Waals surface area (Å²) >= 11 is 0. The summed E-state index contributed by atoms with van der Waals surface area (Å²) in [7, 11) is 0. The summed E-state index contributed by atoms with van der Waals surface area (Å²) in [5.74, 6) is 0.0852. The highest BCUT2D eigenvalue weighted by atomic mass is 16.1. The van der Waals surface area contributed by atoms with E-state index in [0.717, 1.165) is 17.0 Å². The fourth-order valence-corrected chi connectivity index (χ4v) is 1.29. The quantitative estimate of drug-likeness (QED) is 0.543. The number of rotatable bonds is 0. The Morgan fingerprint density at radius 1 is 1.55 bits per heavy atom. The van der Waals surface area contributed by atoms with E-state index in [4.69, 9.17) is 0 Å². The predicted molar refractivity (Wildman–Crippen MR) is 38.9 cm³/mol. The molecule has 2 heterocycles. The van der Waals surface area contributed by atoms with Crippen LogP contribution >= 0.6 is 0 Å².